The lowest BCUT2D eigenvalue weighted by molar-refractivity contribution is -0.111. The van der Waals surface area contributed by atoms with Gasteiger partial charge in [-0.05, 0) is 55.3 Å². The lowest BCUT2D eigenvalue weighted by Crippen LogP contribution is -2.26. The van der Waals surface area contributed by atoms with Gasteiger partial charge in [-0.25, -0.2) is 0 Å². The van der Waals surface area contributed by atoms with Crippen molar-refractivity contribution in [1.29, 1.82) is 0 Å². The first-order chi connectivity index (χ1) is 13.8. The molecule has 0 radical (unpaired) electrons. The number of hydrogen-bond acceptors (Lipinski definition) is 3. The lowest BCUT2D eigenvalue weighted by atomic mass is 10.1. The average Bonchev–Trinajstić information content (AvgIpc) is 3.03. The van der Waals surface area contributed by atoms with Gasteiger partial charge in [0, 0.05) is 23.3 Å². The summed E-state index contributed by atoms with van der Waals surface area (Å²) in [5.74, 6) is -1.05. The molecule has 0 bridgehead atoms. The maximum atomic E-state index is 12.5. The van der Waals surface area contributed by atoms with Crippen LogP contribution < -0.4 is 10.6 Å². The topological polar surface area (TPSA) is 94.2 Å². The van der Waals surface area contributed by atoms with Crippen molar-refractivity contribution in [3.8, 4) is 5.75 Å². The number of amides is 2. The van der Waals surface area contributed by atoms with E-state index in [1.54, 1.807) is 12.1 Å². The number of halogens is 2. The molecule has 3 rings (SSSR count). The van der Waals surface area contributed by atoms with Crippen LogP contribution in [0.3, 0.4) is 0 Å². The molecule has 2 aromatic carbocycles. The van der Waals surface area contributed by atoms with Crippen LogP contribution in [0.25, 0.3) is 10.9 Å². The first kappa shape index (κ1) is 20.8. The van der Waals surface area contributed by atoms with Crippen LogP contribution in [0.1, 0.15) is 21.6 Å². The van der Waals surface area contributed by atoms with Gasteiger partial charge in [0.05, 0.1) is 21.1 Å². The van der Waals surface area contributed by atoms with Gasteiger partial charge in [0.2, 0.25) is 5.91 Å². The van der Waals surface area contributed by atoms with E-state index in [9.17, 15) is 14.7 Å². The number of benzene rings is 2. The summed E-state index contributed by atoms with van der Waals surface area (Å²) < 4.78 is 0. The number of H-pyrrole nitrogens is 1. The maximum Gasteiger partial charge on any atom is 0.255 e. The number of fused-ring (bicyclic) bond motifs is 1. The number of aromatic nitrogens is 1. The van der Waals surface area contributed by atoms with Crippen LogP contribution in [-0.4, -0.2) is 28.4 Å². The van der Waals surface area contributed by atoms with E-state index >= 15 is 0 Å². The van der Waals surface area contributed by atoms with Crippen LogP contribution in [0, 0.1) is 6.92 Å². The second-order valence-corrected chi connectivity index (χ2v) is 7.25. The van der Waals surface area contributed by atoms with Crippen molar-refractivity contribution >= 4 is 51.6 Å². The molecule has 0 aliphatic heterocycles. The first-order valence-corrected chi connectivity index (χ1v) is 9.57. The van der Waals surface area contributed by atoms with Crippen molar-refractivity contribution in [3.05, 3.63) is 69.9 Å². The molecule has 1 heterocycles. The third-order valence-electron chi connectivity index (χ3n) is 4.53. The molecular weight excluding hydrogens is 413 g/mol. The highest BCUT2D eigenvalue weighted by Crippen LogP contribution is 2.34. The van der Waals surface area contributed by atoms with Gasteiger partial charge in [-0.2, -0.15) is 0 Å². The number of rotatable bonds is 6. The zero-order valence-electron chi connectivity index (χ0n) is 15.6. The van der Waals surface area contributed by atoms with Crippen LogP contribution in [0.15, 0.2) is 43.0 Å². The van der Waals surface area contributed by atoms with Gasteiger partial charge in [-0.15, -0.1) is 0 Å². The summed E-state index contributed by atoms with van der Waals surface area (Å²) in [7, 11) is 0. The molecule has 1 aromatic heterocycles. The predicted molar refractivity (Wildman–Crippen MR) is 116 cm³/mol. The van der Waals surface area contributed by atoms with Gasteiger partial charge in [-0.1, -0.05) is 29.8 Å². The Kier molecular flexibility index (Phi) is 6.15. The van der Waals surface area contributed by atoms with Crippen LogP contribution in [-0.2, 0) is 11.2 Å². The molecule has 8 heteroatoms. The largest absolute Gasteiger partial charge is 0.507 e. The third kappa shape index (κ3) is 4.39. The Hall–Kier alpha value is -2.96. The molecule has 0 aliphatic rings. The summed E-state index contributed by atoms with van der Waals surface area (Å²) in [5, 5.41) is 17.3. The number of aryl methyl sites for hydroxylation is 1. The first-order valence-electron chi connectivity index (χ1n) is 8.81. The number of hydrogen-bond donors (Lipinski definition) is 4. The van der Waals surface area contributed by atoms with E-state index in [0.717, 1.165) is 28.2 Å². The highest BCUT2D eigenvalue weighted by Gasteiger charge is 2.16. The minimum absolute atomic E-state index is 0.0589. The van der Waals surface area contributed by atoms with E-state index < -0.39 is 11.8 Å². The molecule has 0 fully saturated rings. The number of phenolic OH excluding ortho intramolecular Hbond substituents is 1. The molecule has 3 aromatic rings. The standard InChI is InChI=1S/C21H19Cl2N3O3/c1-3-18(28)26-12-4-7-17(27)14(10-12)21(29)24-9-8-13-11(2)25-20-16(23)6-5-15(22)19(13)20/h3-7,10,25,27H,1,8-9H2,2H3,(H,24,29)(H,26,28). The molecule has 150 valence electrons. The monoisotopic (exact) mass is 431 g/mol. The summed E-state index contributed by atoms with van der Waals surface area (Å²) in [6.07, 6.45) is 1.64. The van der Waals surface area contributed by atoms with Crippen molar-refractivity contribution in [2.24, 2.45) is 0 Å². The summed E-state index contributed by atoms with van der Waals surface area (Å²) in [4.78, 5) is 27.2. The maximum absolute atomic E-state index is 12.5. The normalized spacial score (nSPS) is 10.7. The lowest BCUT2D eigenvalue weighted by Gasteiger charge is -2.10. The Morgan fingerprint density at radius 2 is 1.93 bits per heavy atom. The van der Waals surface area contributed by atoms with Crippen molar-refractivity contribution in [1.82, 2.24) is 10.3 Å². The van der Waals surface area contributed by atoms with E-state index in [-0.39, 0.29) is 11.3 Å². The van der Waals surface area contributed by atoms with E-state index in [1.807, 2.05) is 6.92 Å². The van der Waals surface area contributed by atoms with Crippen molar-refractivity contribution < 1.29 is 14.7 Å². The van der Waals surface area contributed by atoms with Crippen molar-refractivity contribution in [2.75, 3.05) is 11.9 Å². The molecule has 4 N–H and O–H groups in total. The molecular formula is C21H19Cl2N3O3. The predicted octanol–water partition coefficient (Wildman–Crippen LogP) is 4.59. The zero-order valence-corrected chi connectivity index (χ0v) is 17.1. The summed E-state index contributed by atoms with van der Waals surface area (Å²) in [6.45, 7) is 5.61. The number of nitrogens with one attached hydrogen (secondary N) is 3. The smallest absolute Gasteiger partial charge is 0.255 e. The van der Waals surface area contributed by atoms with Crippen LogP contribution in [0.4, 0.5) is 5.69 Å². The second-order valence-electron chi connectivity index (χ2n) is 6.44. The Bertz CT molecular complexity index is 1120. The number of aromatic hydroxyl groups is 1. The quantitative estimate of drug-likeness (QED) is 0.339. The second kappa shape index (κ2) is 8.59. The fraction of sp³-hybridized carbons (Fsp3) is 0.143. The fourth-order valence-electron chi connectivity index (χ4n) is 3.12. The molecule has 0 atom stereocenters. The van der Waals surface area contributed by atoms with E-state index in [1.165, 1.54) is 18.2 Å². The number of anilines is 1. The molecule has 0 spiro atoms. The summed E-state index contributed by atoms with van der Waals surface area (Å²) in [6, 6.07) is 7.71. The number of phenols is 1. The van der Waals surface area contributed by atoms with Gasteiger partial charge >= 0.3 is 0 Å². The van der Waals surface area contributed by atoms with E-state index in [0.29, 0.717) is 28.7 Å². The molecule has 2 amide bonds. The Balaban J connectivity index is 1.74. The van der Waals surface area contributed by atoms with E-state index in [2.05, 4.69) is 22.2 Å². The van der Waals surface area contributed by atoms with Crippen LogP contribution in [0.5, 0.6) is 5.75 Å². The molecule has 29 heavy (non-hydrogen) atoms. The summed E-state index contributed by atoms with van der Waals surface area (Å²) in [5.41, 5.74) is 3.09. The Morgan fingerprint density at radius 3 is 2.66 bits per heavy atom. The highest BCUT2D eigenvalue weighted by atomic mass is 35.5. The molecule has 6 nitrogen and oxygen atoms in total. The van der Waals surface area contributed by atoms with Gasteiger partial charge in [-0.3, -0.25) is 9.59 Å². The number of aromatic amines is 1. The number of carbonyl (C=O) groups excluding carboxylic acids is 2. The Morgan fingerprint density at radius 1 is 1.21 bits per heavy atom. The SMILES string of the molecule is C=CC(=O)Nc1ccc(O)c(C(=O)NCCc2c(C)[nH]c3c(Cl)ccc(Cl)c23)c1. The van der Waals surface area contributed by atoms with Gasteiger partial charge in [0.1, 0.15) is 5.75 Å². The molecule has 0 aliphatic carbocycles. The van der Waals surface area contributed by atoms with Crippen LogP contribution >= 0.6 is 23.2 Å². The van der Waals surface area contributed by atoms with Gasteiger partial charge in [0.25, 0.3) is 5.91 Å². The van der Waals surface area contributed by atoms with Crippen molar-refractivity contribution in [2.45, 2.75) is 13.3 Å². The zero-order chi connectivity index (χ0) is 21.1. The third-order valence-corrected chi connectivity index (χ3v) is 5.16. The number of carbonyl (C=O) groups is 2. The molecule has 0 saturated carbocycles. The van der Waals surface area contributed by atoms with E-state index in [4.69, 9.17) is 23.2 Å². The van der Waals surface area contributed by atoms with Crippen molar-refractivity contribution in [3.63, 3.8) is 0 Å². The van der Waals surface area contributed by atoms with Gasteiger partial charge in [0.15, 0.2) is 0 Å². The van der Waals surface area contributed by atoms with Gasteiger partial charge < -0.3 is 20.7 Å². The van der Waals surface area contributed by atoms with Crippen LogP contribution in [0.2, 0.25) is 10.0 Å². The average molecular weight is 432 g/mol. The molecule has 0 saturated heterocycles. The summed E-state index contributed by atoms with van der Waals surface area (Å²) >= 11 is 12.6. The Labute approximate surface area is 177 Å². The molecule has 0 unspecified atom stereocenters. The minimum Gasteiger partial charge on any atom is -0.507 e. The minimum atomic E-state index is -0.459. The fourth-order valence-corrected chi connectivity index (χ4v) is 3.59. The highest BCUT2D eigenvalue weighted by molar-refractivity contribution is 6.40.